The van der Waals surface area contributed by atoms with Crippen LogP contribution in [0.5, 0.6) is 0 Å². The monoisotopic (exact) mass is 456 g/mol. The Morgan fingerprint density at radius 1 is 1.21 bits per heavy atom. The molecule has 1 aromatic carbocycles. The number of rotatable bonds is 10. The summed E-state index contributed by atoms with van der Waals surface area (Å²) in [7, 11) is 0. The molecule has 1 saturated heterocycles. The molecule has 3 unspecified atom stereocenters. The van der Waals surface area contributed by atoms with Crippen LogP contribution < -0.4 is 16.4 Å². The van der Waals surface area contributed by atoms with Crippen LogP contribution in [-0.2, 0) is 32.0 Å². The minimum Gasteiger partial charge on any atom is -0.480 e. The minimum absolute atomic E-state index is 0.179. The van der Waals surface area contributed by atoms with Crippen LogP contribution in [0.3, 0.4) is 0 Å². The van der Waals surface area contributed by atoms with E-state index in [0.29, 0.717) is 25.1 Å². The average molecular weight is 457 g/mol. The lowest BCUT2D eigenvalue weighted by Gasteiger charge is -2.28. The van der Waals surface area contributed by atoms with Gasteiger partial charge >= 0.3 is 5.97 Å². The Balaban J connectivity index is 1.67. The van der Waals surface area contributed by atoms with Gasteiger partial charge in [0.15, 0.2) is 0 Å². The van der Waals surface area contributed by atoms with Crippen molar-refractivity contribution in [2.24, 2.45) is 5.73 Å². The Morgan fingerprint density at radius 2 is 1.97 bits per heavy atom. The van der Waals surface area contributed by atoms with Crippen molar-refractivity contribution in [2.45, 2.75) is 43.8 Å². The topological polar surface area (TPSA) is 171 Å². The van der Waals surface area contributed by atoms with E-state index in [4.69, 9.17) is 10.8 Å². The number of H-pyrrole nitrogens is 1. The minimum atomic E-state index is -1.19. The van der Waals surface area contributed by atoms with E-state index in [1.807, 2.05) is 30.3 Å². The fourth-order valence-corrected chi connectivity index (χ4v) is 3.85. The number of likely N-dealkylation sites (tertiary alicyclic amines) is 1. The summed E-state index contributed by atoms with van der Waals surface area (Å²) >= 11 is 0. The summed E-state index contributed by atoms with van der Waals surface area (Å²) in [5.41, 5.74) is 7.60. The largest absolute Gasteiger partial charge is 0.480 e. The second kappa shape index (κ2) is 11.2. The number of nitrogens with zero attached hydrogens (tertiary/aromatic N) is 2. The van der Waals surface area contributed by atoms with Gasteiger partial charge in [0.25, 0.3) is 0 Å². The predicted molar refractivity (Wildman–Crippen MR) is 118 cm³/mol. The first-order valence-corrected chi connectivity index (χ1v) is 10.7. The van der Waals surface area contributed by atoms with Gasteiger partial charge in [0.05, 0.1) is 12.4 Å². The van der Waals surface area contributed by atoms with Crippen molar-refractivity contribution in [1.82, 2.24) is 25.5 Å². The molecule has 1 aliphatic heterocycles. The van der Waals surface area contributed by atoms with E-state index >= 15 is 0 Å². The first-order chi connectivity index (χ1) is 15.8. The Kier molecular flexibility index (Phi) is 8.14. The zero-order chi connectivity index (χ0) is 23.8. The molecular weight excluding hydrogens is 428 g/mol. The van der Waals surface area contributed by atoms with E-state index in [-0.39, 0.29) is 18.7 Å². The zero-order valence-corrected chi connectivity index (χ0v) is 18.1. The highest BCUT2D eigenvalue weighted by atomic mass is 16.4. The number of carbonyl (C=O) groups excluding carboxylic acids is 3. The summed E-state index contributed by atoms with van der Waals surface area (Å²) in [6.45, 7) is -0.168. The number of benzene rings is 1. The van der Waals surface area contributed by atoms with Gasteiger partial charge in [-0.15, -0.1) is 0 Å². The van der Waals surface area contributed by atoms with Gasteiger partial charge in [-0.25, -0.2) is 4.98 Å². The van der Waals surface area contributed by atoms with Crippen LogP contribution in [-0.4, -0.2) is 74.9 Å². The lowest BCUT2D eigenvalue weighted by Crippen LogP contribution is -2.56. The average Bonchev–Trinajstić information content (AvgIpc) is 3.49. The quantitative estimate of drug-likeness (QED) is 0.311. The van der Waals surface area contributed by atoms with Gasteiger partial charge in [0, 0.05) is 31.3 Å². The Hall–Kier alpha value is -3.73. The Labute approximate surface area is 190 Å². The van der Waals surface area contributed by atoms with Crippen LogP contribution in [0, 0.1) is 0 Å². The molecule has 0 aliphatic carbocycles. The van der Waals surface area contributed by atoms with E-state index < -0.39 is 42.5 Å². The fraction of sp³-hybridized carbons (Fsp3) is 0.409. The van der Waals surface area contributed by atoms with Gasteiger partial charge in [-0.05, 0) is 18.4 Å². The zero-order valence-electron chi connectivity index (χ0n) is 18.1. The summed E-state index contributed by atoms with van der Waals surface area (Å²) in [5, 5.41) is 13.9. The number of aromatic amines is 1. The summed E-state index contributed by atoms with van der Waals surface area (Å²) < 4.78 is 0. The summed E-state index contributed by atoms with van der Waals surface area (Å²) in [6, 6.07) is 6.48. The molecule has 2 heterocycles. The number of hydrogen-bond donors (Lipinski definition) is 5. The second-order valence-corrected chi connectivity index (χ2v) is 7.94. The molecular formula is C22H28N6O5. The van der Waals surface area contributed by atoms with Gasteiger partial charge in [0.1, 0.15) is 18.6 Å². The lowest BCUT2D eigenvalue weighted by atomic mass is 10.0. The number of aromatic nitrogens is 2. The maximum absolute atomic E-state index is 13.1. The third-order valence-electron chi connectivity index (χ3n) is 5.48. The van der Waals surface area contributed by atoms with Gasteiger partial charge in [0.2, 0.25) is 17.7 Å². The van der Waals surface area contributed by atoms with E-state index in [2.05, 4.69) is 20.6 Å². The molecule has 3 amide bonds. The molecule has 11 nitrogen and oxygen atoms in total. The predicted octanol–water partition coefficient (Wildman–Crippen LogP) is -0.801. The fourth-order valence-electron chi connectivity index (χ4n) is 3.85. The standard InChI is InChI=1S/C22H28N6O5/c23-16(10-15-11-24-13-26-15)22(33)28-8-4-7-18(28)21(32)27-17(20(31)25-12-19(29)30)9-14-5-2-1-3-6-14/h1-3,5-6,11,13,16-18H,4,7-10,12,23H2,(H,24,26)(H,25,31)(H,27,32)(H,29,30). The number of nitrogens with two attached hydrogens (primary N) is 1. The highest BCUT2D eigenvalue weighted by molar-refractivity contribution is 5.94. The van der Waals surface area contributed by atoms with Crippen molar-refractivity contribution in [1.29, 1.82) is 0 Å². The van der Waals surface area contributed by atoms with Crippen LogP contribution in [0.25, 0.3) is 0 Å². The highest BCUT2D eigenvalue weighted by Crippen LogP contribution is 2.19. The third kappa shape index (κ3) is 6.62. The van der Waals surface area contributed by atoms with Crippen molar-refractivity contribution in [3.63, 3.8) is 0 Å². The molecule has 2 aromatic rings. The molecule has 33 heavy (non-hydrogen) atoms. The first-order valence-electron chi connectivity index (χ1n) is 10.7. The highest BCUT2D eigenvalue weighted by Gasteiger charge is 2.37. The van der Waals surface area contributed by atoms with Crippen LogP contribution >= 0.6 is 0 Å². The summed E-state index contributed by atoms with van der Waals surface area (Å²) in [4.78, 5) is 57.7. The van der Waals surface area contributed by atoms with E-state index in [1.54, 1.807) is 6.20 Å². The molecule has 6 N–H and O–H groups in total. The maximum Gasteiger partial charge on any atom is 0.322 e. The maximum atomic E-state index is 13.1. The number of aliphatic carboxylic acids is 1. The molecule has 1 aliphatic rings. The summed E-state index contributed by atoms with van der Waals surface area (Å²) in [5.74, 6) is -2.62. The lowest BCUT2D eigenvalue weighted by molar-refractivity contribution is -0.141. The van der Waals surface area contributed by atoms with E-state index in [9.17, 15) is 19.2 Å². The van der Waals surface area contributed by atoms with Crippen molar-refractivity contribution in [3.05, 3.63) is 54.1 Å². The molecule has 0 radical (unpaired) electrons. The number of amides is 3. The molecule has 176 valence electrons. The Bertz CT molecular complexity index is 965. The number of nitrogens with one attached hydrogen (secondary N) is 3. The number of carbonyl (C=O) groups is 4. The molecule has 1 aromatic heterocycles. The van der Waals surface area contributed by atoms with E-state index in [0.717, 1.165) is 5.56 Å². The molecule has 1 fully saturated rings. The van der Waals surface area contributed by atoms with Crippen LogP contribution in [0.4, 0.5) is 0 Å². The molecule has 0 saturated carbocycles. The van der Waals surface area contributed by atoms with Crippen LogP contribution in [0.1, 0.15) is 24.1 Å². The van der Waals surface area contributed by atoms with Crippen molar-refractivity contribution >= 4 is 23.7 Å². The van der Waals surface area contributed by atoms with Crippen molar-refractivity contribution in [3.8, 4) is 0 Å². The molecule has 3 rings (SSSR count). The molecule has 3 atom stereocenters. The van der Waals surface area contributed by atoms with Gasteiger partial charge in [-0.3, -0.25) is 19.2 Å². The molecule has 11 heteroatoms. The Morgan fingerprint density at radius 3 is 2.64 bits per heavy atom. The van der Waals surface area contributed by atoms with Crippen LogP contribution in [0.2, 0.25) is 0 Å². The smallest absolute Gasteiger partial charge is 0.322 e. The van der Waals surface area contributed by atoms with Crippen LogP contribution in [0.15, 0.2) is 42.9 Å². The number of imidazole rings is 1. The van der Waals surface area contributed by atoms with Crippen molar-refractivity contribution in [2.75, 3.05) is 13.1 Å². The second-order valence-electron chi connectivity index (χ2n) is 7.94. The van der Waals surface area contributed by atoms with Crippen molar-refractivity contribution < 1.29 is 24.3 Å². The SMILES string of the molecule is NC(Cc1cnc[nH]1)C(=O)N1CCCC1C(=O)NC(Cc1ccccc1)C(=O)NCC(=O)O. The molecule has 0 spiro atoms. The molecule has 0 bridgehead atoms. The number of carboxylic acids is 1. The van der Waals surface area contributed by atoms with Gasteiger partial charge in [-0.2, -0.15) is 0 Å². The van der Waals surface area contributed by atoms with Gasteiger partial charge in [-0.1, -0.05) is 30.3 Å². The van der Waals surface area contributed by atoms with E-state index in [1.165, 1.54) is 11.2 Å². The van der Waals surface area contributed by atoms with Gasteiger partial charge < -0.3 is 31.4 Å². The number of hydrogen-bond acceptors (Lipinski definition) is 6. The normalized spacial score (nSPS) is 17.2. The first kappa shape index (κ1) is 23.9. The number of carboxylic acid groups (broad SMARTS) is 1. The summed E-state index contributed by atoms with van der Waals surface area (Å²) in [6.07, 6.45) is 4.61. The third-order valence-corrected chi connectivity index (χ3v) is 5.48.